The van der Waals surface area contributed by atoms with E-state index in [0.29, 0.717) is 11.6 Å². The Hall–Kier alpha value is -1.92. The molecule has 1 saturated heterocycles. The van der Waals surface area contributed by atoms with Crippen molar-refractivity contribution >= 4 is 28.1 Å². The highest BCUT2D eigenvalue weighted by atomic mass is 32.1. The van der Waals surface area contributed by atoms with Gasteiger partial charge in [-0.25, -0.2) is 4.98 Å². The Labute approximate surface area is 134 Å². The third-order valence-corrected chi connectivity index (χ3v) is 4.66. The Kier molecular flexibility index (Phi) is 5.03. The minimum Gasteiger partial charge on any atom is -0.360 e. The second-order valence-corrected chi connectivity index (χ2v) is 6.35. The monoisotopic (exact) mass is 317 g/mol. The molecule has 0 spiro atoms. The molecule has 1 aliphatic rings. The third kappa shape index (κ3) is 4.05. The van der Waals surface area contributed by atoms with Crippen molar-refractivity contribution in [2.45, 2.75) is 6.42 Å². The fourth-order valence-electron chi connectivity index (χ4n) is 2.73. The summed E-state index contributed by atoms with van der Waals surface area (Å²) < 4.78 is 0. The van der Waals surface area contributed by atoms with Crippen molar-refractivity contribution in [3.8, 4) is 0 Å². The molecule has 6 heteroatoms. The molecule has 0 saturated carbocycles. The number of nitrogens with one attached hydrogen (secondary N) is 2. The van der Waals surface area contributed by atoms with E-state index in [-0.39, 0.29) is 5.91 Å². The maximum Gasteiger partial charge on any atom is 0.231 e. The van der Waals surface area contributed by atoms with Crippen LogP contribution in [0.15, 0.2) is 41.9 Å². The fraction of sp³-hybridized carbons (Fsp3) is 0.375. The van der Waals surface area contributed by atoms with Crippen LogP contribution in [-0.2, 0) is 4.79 Å². The van der Waals surface area contributed by atoms with Gasteiger partial charge in [0.2, 0.25) is 5.91 Å². The van der Waals surface area contributed by atoms with Gasteiger partial charge in [-0.2, -0.15) is 0 Å². The summed E-state index contributed by atoms with van der Waals surface area (Å²) in [5, 5.41) is 5.39. The van der Waals surface area contributed by atoms with Gasteiger partial charge >= 0.3 is 0 Å². The molecule has 0 radical (unpaired) electrons. The van der Waals surface area contributed by atoms with Crippen LogP contribution in [0.5, 0.6) is 0 Å². The summed E-state index contributed by atoms with van der Waals surface area (Å²) in [6.45, 7) is 5.15. The Balaban J connectivity index is 1.40. The number of carbonyl (C=O) groups is 1. The number of hydrogen-bond acceptors (Lipinski definition) is 4. The summed E-state index contributed by atoms with van der Waals surface area (Å²) in [6.07, 6.45) is 2.26. The van der Waals surface area contributed by atoms with E-state index in [2.05, 4.69) is 39.5 Å². The Morgan fingerprint density at radius 1 is 1.27 bits per heavy atom. The molecule has 22 heavy (non-hydrogen) atoms. The number of nitrogens with zero attached hydrogens (tertiary/aromatic N) is 2. The molecule has 3 rings (SSSR count). The van der Waals surface area contributed by atoms with Crippen molar-refractivity contribution < 1.29 is 9.69 Å². The molecule has 2 aromatic rings. The lowest BCUT2D eigenvalue weighted by atomic mass is 10.2. The number of thiazole rings is 1. The molecule has 1 aromatic heterocycles. The van der Waals surface area contributed by atoms with E-state index < -0.39 is 0 Å². The van der Waals surface area contributed by atoms with Crippen LogP contribution in [0.1, 0.15) is 6.42 Å². The molecular formula is C16H21N4OS+. The second kappa shape index (κ2) is 7.38. The van der Waals surface area contributed by atoms with Gasteiger partial charge in [-0.3, -0.25) is 4.79 Å². The minimum atomic E-state index is 0.0629. The Morgan fingerprint density at radius 2 is 2.05 bits per heavy atom. The van der Waals surface area contributed by atoms with Crippen LogP contribution in [0.3, 0.4) is 0 Å². The topological polar surface area (TPSA) is 49.7 Å². The van der Waals surface area contributed by atoms with Crippen LogP contribution >= 0.6 is 11.3 Å². The van der Waals surface area contributed by atoms with Gasteiger partial charge in [0.05, 0.1) is 39.1 Å². The maximum atomic E-state index is 11.9. The van der Waals surface area contributed by atoms with Crippen LogP contribution in [0, 0.1) is 0 Å². The predicted octanol–water partition coefficient (Wildman–Crippen LogP) is 0.877. The number of quaternary nitrogens is 1. The van der Waals surface area contributed by atoms with E-state index in [1.54, 1.807) is 6.20 Å². The van der Waals surface area contributed by atoms with Crippen molar-refractivity contribution in [2.24, 2.45) is 0 Å². The van der Waals surface area contributed by atoms with E-state index in [0.717, 1.165) is 32.7 Å². The molecule has 0 unspecified atom stereocenters. The van der Waals surface area contributed by atoms with Crippen LogP contribution in [0.2, 0.25) is 0 Å². The number of piperazine rings is 1. The SMILES string of the molecule is O=C(CC[NH+]1CCN(c2ccccc2)CC1)Nc1nccs1. The number of aromatic nitrogens is 1. The molecule has 2 N–H and O–H groups in total. The van der Waals surface area contributed by atoms with E-state index >= 15 is 0 Å². The number of amides is 1. The first-order valence-electron chi connectivity index (χ1n) is 7.64. The number of hydrogen-bond donors (Lipinski definition) is 2. The van der Waals surface area contributed by atoms with Crippen LogP contribution in [0.25, 0.3) is 0 Å². The maximum absolute atomic E-state index is 11.9. The zero-order chi connectivity index (χ0) is 15.2. The van der Waals surface area contributed by atoms with Gasteiger partial charge in [0.1, 0.15) is 0 Å². The number of carbonyl (C=O) groups excluding carboxylic acids is 1. The summed E-state index contributed by atoms with van der Waals surface area (Å²) in [6, 6.07) is 10.5. The van der Waals surface area contributed by atoms with Gasteiger partial charge in [-0.15, -0.1) is 11.3 Å². The van der Waals surface area contributed by atoms with Crippen molar-refractivity contribution in [1.82, 2.24) is 4.98 Å². The predicted molar refractivity (Wildman–Crippen MR) is 89.6 cm³/mol. The van der Waals surface area contributed by atoms with E-state index in [1.165, 1.54) is 21.9 Å². The van der Waals surface area contributed by atoms with Crippen LogP contribution in [0.4, 0.5) is 10.8 Å². The van der Waals surface area contributed by atoms with Crippen molar-refractivity contribution in [3.63, 3.8) is 0 Å². The lowest BCUT2D eigenvalue weighted by Gasteiger charge is -2.33. The molecule has 1 aromatic carbocycles. The molecule has 1 amide bonds. The number of rotatable bonds is 5. The highest BCUT2D eigenvalue weighted by Crippen LogP contribution is 2.12. The number of anilines is 2. The summed E-state index contributed by atoms with van der Waals surface area (Å²) in [4.78, 5) is 19.9. The number of benzene rings is 1. The molecule has 2 heterocycles. The normalized spacial score (nSPS) is 15.7. The average molecular weight is 317 g/mol. The molecule has 5 nitrogen and oxygen atoms in total. The zero-order valence-corrected chi connectivity index (χ0v) is 13.3. The molecule has 0 aliphatic carbocycles. The molecule has 1 aliphatic heterocycles. The zero-order valence-electron chi connectivity index (χ0n) is 12.5. The third-order valence-electron chi connectivity index (χ3n) is 3.98. The Bertz CT molecular complexity index is 579. The van der Waals surface area contributed by atoms with Gasteiger partial charge in [-0.05, 0) is 12.1 Å². The van der Waals surface area contributed by atoms with Crippen molar-refractivity contribution in [1.29, 1.82) is 0 Å². The summed E-state index contributed by atoms with van der Waals surface area (Å²) in [5.41, 5.74) is 1.29. The van der Waals surface area contributed by atoms with Crippen molar-refractivity contribution in [3.05, 3.63) is 41.9 Å². The van der Waals surface area contributed by atoms with Gasteiger partial charge in [-0.1, -0.05) is 18.2 Å². The van der Waals surface area contributed by atoms with E-state index in [4.69, 9.17) is 0 Å². The van der Waals surface area contributed by atoms with E-state index in [1.807, 2.05) is 11.4 Å². The standard InChI is InChI=1S/C16H20N4OS/c21-15(18-16-17-7-13-22-16)6-8-19-9-11-20(12-10-19)14-4-2-1-3-5-14/h1-5,7,13H,6,8-12H2,(H,17,18,21)/p+1. The van der Waals surface area contributed by atoms with Crippen LogP contribution < -0.4 is 15.1 Å². The summed E-state index contributed by atoms with van der Waals surface area (Å²) in [5.74, 6) is 0.0629. The summed E-state index contributed by atoms with van der Waals surface area (Å²) >= 11 is 1.45. The number of para-hydroxylation sites is 1. The first-order valence-corrected chi connectivity index (χ1v) is 8.52. The average Bonchev–Trinajstić information content (AvgIpc) is 3.07. The molecule has 1 fully saturated rings. The quantitative estimate of drug-likeness (QED) is 0.861. The highest BCUT2D eigenvalue weighted by molar-refractivity contribution is 7.13. The highest BCUT2D eigenvalue weighted by Gasteiger charge is 2.20. The lowest BCUT2D eigenvalue weighted by Crippen LogP contribution is -3.15. The minimum absolute atomic E-state index is 0.0629. The van der Waals surface area contributed by atoms with Gasteiger partial charge in [0.15, 0.2) is 5.13 Å². The largest absolute Gasteiger partial charge is 0.360 e. The second-order valence-electron chi connectivity index (χ2n) is 5.46. The fourth-order valence-corrected chi connectivity index (χ4v) is 3.27. The smallest absolute Gasteiger partial charge is 0.231 e. The molecular weight excluding hydrogens is 296 g/mol. The van der Waals surface area contributed by atoms with Gasteiger partial charge in [0.25, 0.3) is 0 Å². The molecule has 0 atom stereocenters. The molecule has 0 bridgehead atoms. The first kappa shape index (κ1) is 15.0. The lowest BCUT2D eigenvalue weighted by molar-refractivity contribution is -0.900. The van der Waals surface area contributed by atoms with Gasteiger partial charge in [0, 0.05) is 17.3 Å². The van der Waals surface area contributed by atoms with E-state index in [9.17, 15) is 4.79 Å². The molecule has 116 valence electrons. The van der Waals surface area contributed by atoms with Crippen LogP contribution in [-0.4, -0.2) is 43.6 Å². The first-order chi connectivity index (χ1) is 10.8. The van der Waals surface area contributed by atoms with Gasteiger partial charge < -0.3 is 15.1 Å². The Morgan fingerprint density at radius 3 is 2.73 bits per heavy atom. The van der Waals surface area contributed by atoms with Crippen molar-refractivity contribution in [2.75, 3.05) is 42.9 Å². The summed E-state index contributed by atoms with van der Waals surface area (Å²) in [7, 11) is 0.